The molecule has 1 aliphatic rings. The normalized spacial score (nSPS) is 20.1. The summed E-state index contributed by atoms with van der Waals surface area (Å²) in [6.07, 6.45) is 0.791. The molecular formula is C11H19N3O2. The zero-order valence-electron chi connectivity index (χ0n) is 10.1. The number of aryl methyl sites for hydroxylation is 1. The number of β-amino-alcohol motifs (C(OH)–C–C–N with tert-alkyl or cyclic N) is 1. The van der Waals surface area contributed by atoms with Crippen LogP contribution in [-0.4, -0.2) is 38.8 Å². The standard InChI is InChI=1S/C11H19N3O2/c1-4-9-12-10(16-13-9)5-14-6-11(15,7-14)8(2)3/h8,15H,4-7H2,1-3H3. The number of aliphatic hydroxyl groups is 1. The Kier molecular flexibility index (Phi) is 2.99. The quantitative estimate of drug-likeness (QED) is 0.822. The van der Waals surface area contributed by atoms with E-state index in [0.29, 0.717) is 25.5 Å². The van der Waals surface area contributed by atoms with Crippen LogP contribution in [0.5, 0.6) is 0 Å². The van der Waals surface area contributed by atoms with Gasteiger partial charge in [0.15, 0.2) is 5.82 Å². The number of hydrogen-bond acceptors (Lipinski definition) is 5. The Morgan fingerprint density at radius 2 is 2.19 bits per heavy atom. The number of nitrogens with zero attached hydrogens (tertiary/aromatic N) is 3. The van der Waals surface area contributed by atoms with E-state index in [1.807, 2.05) is 20.8 Å². The van der Waals surface area contributed by atoms with E-state index in [1.54, 1.807) is 0 Å². The topological polar surface area (TPSA) is 62.4 Å². The molecule has 5 heteroatoms. The van der Waals surface area contributed by atoms with Crippen molar-refractivity contribution in [1.29, 1.82) is 0 Å². The number of rotatable bonds is 4. The fourth-order valence-electron chi connectivity index (χ4n) is 1.89. The Morgan fingerprint density at radius 1 is 1.50 bits per heavy atom. The molecule has 1 aromatic rings. The maximum absolute atomic E-state index is 10.1. The Hall–Kier alpha value is -0.940. The summed E-state index contributed by atoms with van der Waals surface area (Å²) in [5.41, 5.74) is -0.534. The maximum atomic E-state index is 10.1. The Bertz CT molecular complexity index is 356. The van der Waals surface area contributed by atoms with Gasteiger partial charge in [-0.25, -0.2) is 0 Å². The molecule has 0 saturated carbocycles. The summed E-state index contributed by atoms with van der Waals surface area (Å²) in [5, 5.41) is 13.9. The van der Waals surface area contributed by atoms with Crippen LogP contribution in [0.15, 0.2) is 4.52 Å². The second kappa shape index (κ2) is 4.14. The summed E-state index contributed by atoms with van der Waals surface area (Å²) >= 11 is 0. The summed E-state index contributed by atoms with van der Waals surface area (Å²) in [6, 6.07) is 0. The molecule has 0 spiro atoms. The monoisotopic (exact) mass is 225 g/mol. The van der Waals surface area contributed by atoms with E-state index in [0.717, 1.165) is 12.2 Å². The fraction of sp³-hybridized carbons (Fsp3) is 0.818. The van der Waals surface area contributed by atoms with E-state index in [4.69, 9.17) is 4.52 Å². The van der Waals surface area contributed by atoms with Crippen LogP contribution in [0.3, 0.4) is 0 Å². The molecular weight excluding hydrogens is 206 g/mol. The molecule has 1 N–H and O–H groups in total. The molecule has 1 fully saturated rings. The number of aromatic nitrogens is 2. The summed E-state index contributed by atoms with van der Waals surface area (Å²) in [7, 11) is 0. The van der Waals surface area contributed by atoms with Gasteiger partial charge in [-0.15, -0.1) is 0 Å². The van der Waals surface area contributed by atoms with Gasteiger partial charge < -0.3 is 9.63 Å². The zero-order valence-corrected chi connectivity index (χ0v) is 10.1. The molecule has 0 radical (unpaired) electrons. The molecule has 0 unspecified atom stereocenters. The molecule has 90 valence electrons. The molecule has 2 rings (SSSR count). The first-order chi connectivity index (χ1) is 7.53. The average molecular weight is 225 g/mol. The summed E-state index contributed by atoms with van der Waals surface area (Å²) < 4.78 is 5.11. The molecule has 1 aromatic heterocycles. The van der Waals surface area contributed by atoms with Gasteiger partial charge in [-0.2, -0.15) is 4.98 Å². The highest BCUT2D eigenvalue weighted by atomic mass is 16.5. The lowest BCUT2D eigenvalue weighted by Crippen LogP contribution is -2.63. The van der Waals surface area contributed by atoms with Gasteiger partial charge in [0, 0.05) is 19.5 Å². The first-order valence-electron chi connectivity index (χ1n) is 5.79. The predicted molar refractivity (Wildman–Crippen MR) is 58.7 cm³/mol. The zero-order chi connectivity index (χ0) is 11.8. The van der Waals surface area contributed by atoms with E-state index in [2.05, 4.69) is 15.0 Å². The molecule has 5 nitrogen and oxygen atoms in total. The first-order valence-corrected chi connectivity index (χ1v) is 5.79. The molecule has 1 aliphatic heterocycles. The van der Waals surface area contributed by atoms with Gasteiger partial charge in [-0.3, -0.25) is 4.90 Å². The summed E-state index contributed by atoms with van der Waals surface area (Å²) in [6.45, 7) is 8.10. The highest BCUT2D eigenvalue weighted by Gasteiger charge is 2.43. The van der Waals surface area contributed by atoms with Gasteiger partial charge in [0.05, 0.1) is 12.1 Å². The minimum absolute atomic E-state index is 0.289. The van der Waals surface area contributed by atoms with Crippen molar-refractivity contribution in [3.63, 3.8) is 0 Å². The van der Waals surface area contributed by atoms with Crippen molar-refractivity contribution in [2.24, 2.45) is 5.92 Å². The predicted octanol–water partition coefficient (Wildman–Crippen LogP) is 0.835. The lowest BCUT2D eigenvalue weighted by Gasteiger charge is -2.48. The van der Waals surface area contributed by atoms with E-state index in [-0.39, 0.29) is 5.92 Å². The van der Waals surface area contributed by atoms with Gasteiger partial charge in [0.25, 0.3) is 0 Å². The Morgan fingerprint density at radius 3 is 2.69 bits per heavy atom. The third kappa shape index (κ3) is 2.10. The third-order valence-electron chi connectivity index (χ3n) is 3.25. The van der Waals surface area contributed by atoms with Crippen molar-refractivity contribution < 1.29 is 9.63 Å². The molecule has 1 saturated heterocycles. The van der Waals surface area contributed by atoms with Crippen LogP contribution in [0.2, 0.25) is 0 Å². The van der Waals surface area contributed by atoms with Crippen LogP contribution in [0.1, 0.15) is 32.5 Å². The van der Waals surface area contributed by atoms with Crippen LogP contribution in [0, 0.1) is 5.92 Å². The molecule has 2 heterocycles. The van der Waals surface area contributed by atoms with E-state index < -0.39 is 5.60 Å². The van der Waals surface area contributed by atoms with Gasteiger partial charge in [0.1, 0.15) is 0 Å². The second-order valence-electron chi connectivity index (χ2n) is 4.86. The number of hydrogen-bond donors (Lipinski definition) is 1. The number of likely N-dealkylation sites (tertiary alicyclic amines) is 1. The molecule has 16 heavy (non-hydrogen) atoms. The van der Waals surface area contributed by atoms with Crippen molar-refractivity contribution in [3.05, 3.63) is 11.7 Å². The fourth-order valence-corrected chi connectivity index (χ4v) is 1.89. The lowest BCUT2D eigenvalue weighted by molar-refractivity contribution is -0.133. The average Bonchev–Trinajstić information content (AvgIpc) is 2.62. The van der Waals surface area contributed by atoms with E-state index in [1.165, 1.54) is 0 Å². The van der Waals surface area contributed by atoms with E-state index >= 15 is 0 Å². The van der Waals surface area contributed by atoms with E-state index in [9.17, 15) is 5.11 Å². The first kappa shape index (κ1) is 11.5. The molecule has 0 amide bonds. The van der Waals surface area contributed by atoms with Crippen molar-refractivity contribution in [1.82, 2.24) is 15.0 Å². The maximum Gasteiger partial charge on any atom is 0.240 e. The molecule has 0 aliphatic carbocycles. The van der Waals surface area contributed by atoms with Crippen LogP contribution < -0.4 is 0 Å². The van der Waals surface area contributed by atoms with Gasteiger partial charge >= 0.3 is 0 Å². The van der Waals surface area contributed by atoms with Crippen molar-refractivity contribution in [2.75, 3.05) is 13.1 Å². The Balaban J connectivity index is 1.85. The van der Waals surface area contributed by atoms with Gasteiger partial charge in [0.2, 0.25) is 5.89 Å². The molecule has 0 bridgehead atoms. The lowest BCUT2D eigenvalue weighted by atomic mass is 9.83. The smallest absolute Gasteiger partial charge is 0.240 e. The summed E-state index contributed by atoms with van der Waals surface area (Å²) in [5.74, 6) is 1.68. The van der Waals surface area contributed by atoms with Crippen LogP contribution in [0.25, 0.3) is 0 Å². The van der Waals surface area contributed by atoms with Gasteiger partial charge in [-0.1, -0.05) is 25.9 Å². The second-order valence-corrected chi connectivity index (χ2v) is 4.86. The molecule has 0 atom stereocenters. The SMILES string of the molecule is CCc1noc(CN2CC(O)(C(C)C)C2)n1. The highest BCUT2D eigenvalue weighted by Crippen LogP contribution is 2.29. The van der Waals surface area contributed by atoms with Crippen molar-refractivity contribution in [2.45, 2.75) is 39.3 Å². The van der Waals surface area contributed by atoms with Crippen LogP contribution in [0.4, 0.5) is 0 Å². The largest absolute Gasteiger partial charge is 0.387 e. The van der Waals surface area contributed by atoms with Crippen LogP contribution in [-0.2, 0) is 13.0 Å². The molecule has 0 aromatic carbocycles. The van der Waals surface area contributed by atoms with Crippen LogP contribution >= 0.6 is 0 Å². The Labute approximate surface area is 95.4 Å². The van der Waals surface area contributed by atoms with Gasteiger partial charge in [-0.05, 0) is 5.92 Å². The third-order valence-corrected chi connectivity index (χ3v) is 3.25. The minimum Gasteiger partial charge on any atom is -0.387 e. The highest BCUT2D eigenvalue weighted by molar-refractivity contribution is 4.99. The van der Waals surface area contributed by atoms with Crippen molar-refractivity contribution >= 4 is 0 Å². The van der Waals surface area contributed by atoms with Crippen molar-refractivity contribution in [3.8, 4) is 0 Å². The summed E-state index contributed by atoms with van der Waals surface area (Å²) in [4.78, 5) is 6.36. The minimum atomic E-state index is -0.534.